The van der Waals surface area contributed by atoms with Gasteiger partial charge in [0.2, 0.25) is 0 Å². The van der Waals surface area contributed by atoms with E-state index in [-0.39, 0.29) is 6.54 Å². The fraction of sp³-hybridized carbons (Fsp3) is 0.259. The van der Waals surface area contributed by atoms with Gasteiger partial charge in [-0.25, -0.2) is 0 Å². The predicted octanol–water partition coefficient (Wildman–Crippen LogP) is 4.47. The molecule has 8 heteroatoms. The molecular weight excluding hydrogens is 462 g/mol. The molecule has 4 rings (SSSR count). The Balaban J connectivity index is 1.24. The molecule has 2 amide bonds. The standard InChI is InChI=1S/C27H25N3O4S/c28-15-22-21-9-5-2-6-10-23(21)35-27(22)30-24(31)17-34-25(32)16-29-26(33)20-13-11-19(12-14-20)18-7-3-1-4-8-18/h1,3-4,7-8,11-14H,2,5-6,9-10,16-17H2,(H,29,33)(H,30,31). The number of benzene rings is 2. The summed E-state index contributed by atoms with van der Waals surface area (Å²) in [4.78, 5) is 37.8. The van der Waals surface area contributed by atoms with Gasteiger partial charge in [0.05, 0.1) is 5.56 Å². The number of amides is 2. The molecule has 1 heterocycles. The van der Waals surface area contributed by atoms with Crippen molar-refractivity contribution in [3.63, 3.8) is 0 Å². The summed E-state index contributed by atoms with van der Waals surface area (Å²) in [5.41, 5.74) is 3.98. The van der Waals surface area contributed by atoms with E-state index in [2.05, 4.69) is 16.7 Å². The summed E-state index contributed by atoms with van der Waals surface area (Å²) < 4.78 is 4.99. The Labute approximate surface area is 207 Å². The van der Waals surface area contributed by atoms with Crippen LogP contribution in [0.4, 0.5) is 5.00 Å². The van der Waals surface area contributed by atoms with Crippen molar-refractivity contribution in [1.82, 2.24) is 5.32 Å². The maximum atomic E-state index is 12.3. The smallest absolute Gasteiger partial charge is 0.325 e. The van der Waals surface area contributed by atoms with Crippen LogP contribution in [0.3, 0.4) is 0 Å². The Morgan fingerprint density at radius 3 is 2.40 bits per heavy atom. The van der Waals surface area contributed by atoms with Gasteiger partial charge in [0.1, 0.15) is 17.6 Å². The first-order valence-corrected chi connectivity index (χ1v) is 12.3. The minimum absolute atomic E-state index is 0.358. The van der Waals surface area contributed by atoms with Crippen LogP contribution in [0.1, 0.15) is 45.6 Å². The summed E-state index contributed by atoms with van der Waals surface area (Å²) >= 11 is 1.42. The third-order valence-corrected chi connectivity index (χ3v) is 7.01. The Bertz CT molecular complexity index is 1260. The molecule has 7 nitrogen and oxygen atoms in total. The fourth-order valence-electron chi connectivity index (χ4n) is 4.01. The van der Waals surface area contributed by atoms with Gasteiger partial charge >= 0.3 is 5.97 Å². The van der Waals surface area contributed by atoms with Crippen LogP contribution in [0.15, 0.2) is 54.6 Å². The lowest BCUT2D eigenvalue weighted by molar-refractivity contribution is -0.146. The third kappa shape index (κ3) is 6.14. The van der Waals surface area contributed by atoms with Crippen molar-refractivity contribution in [2.24, 2.45) is 0 Å². The monoisotopic (exact) mass is 487 g/mol. The zero-order valence-corrected chi connectivity index (χ0v) is 20.0. The van der Waals surface area contributed by atoms with Gasteiger partial charge in [0.15, 0.2) is 6.61 Å². The number of nitrogens with zero attached hydrogens (tertiary/aromatic N) is 1. The second kappa shape index (κ2) is 11.4. The number of nitrogens with one attached hydrogen (secondary N) is 2. The third-order valence-electron chi connectivity index (χ3n) is 5.80. The zero-order valence-electron chi connectivity index (χ0n) is 19.1. The van der Waals surface area contributed by atoms with Crippen molar-refractivity contribution in [3.8, 4) is 17.2 Å². The topological polar surface area (TPSA) is 108 Å². The molecule has 2 N–H and O–H groups in total. The van der Waals surface area contributed by atoms with Crippen molar-refractivity contribution >= 4 is 34.1 Å². The van der Waals surface area contributed by atoms with Gasteiger partial charge in [0, 0.05) is 10.4 Å². The number of rotatable bonds is 7. The van der Waals surface area contributed by atoms with E-state index in [1.54, 1.807) is 12.1 Å². The number of nitriles is 1. The van der Waals surface area contributed by atoms with Crippen LogP contribution in [0, 0.1) is 11.3 Å². The van der Waals surface area contributed by atoms with Crippen molar-refractivity contribution in [2.45, 2.75) is 32.1 Å². The summed E-state index contributed by atoms with van der Waals surface area (Å²) in [5, 5.41) is 15.3. The minimum atomic E-state index is -0.725. The summed E-state index contributed by atoms with van der Waals surface area (Å²) in [6.45, 7) is -0.850. The van der Waals surface area contributed by atoms with Gasteiger partial charge in [-0.2, -0.15) is 5.26 Å². The first-order chi connectivity index (χ1) is 17.0. The highest BCUT2D eigenvalue weighted by Gasteiger charge is 2.21. The molecule has 1 aliphatic carbocycles. The van der Waals surface area contributed by atoms with Crippen LogP contribution in [-0.2, 0) is 27.2 Å². The molecule has 1 aliphatic rings. The molecule has 0 fully saturated rings. The highest BCUT2D eigenvalue weighted by Crippen LogP contribution is 2.36. The van der Waals surface area contributed by atoms with Gasteiger partial charge in [-0.3, -0.25) is 14.4 Å². The van der Waals surface area contributed by atoms with E-state index in [1.165, 1.54) is 11.3 Å². The molecule has 0 spiro atoms. The van der Waals surface area contributed by atoms with Crippen molar-refractivity contribution < 1.29 is 19.1 Å². The van der Waals surface area contributed by atoms with Crippen LogP contribution in [0.2, 0.25) is 0 Å². The van der Waals surface area contributed by atoms with Crippen LogP contribution in [0.25, 0.3) is 11.1 Å². The molecule has 0 radical (unpaired) electrons. The number of ether oxygens (including phenoxy) is 1. The number of anilines is 1. The number of carbonyl (C=O) groups excluding carboxylic acids is 3. The molecule has 0 saturated carbocycles. The summed E-state index contributed by atoms with van der Waals surface area (Å²) in [6, 6.07) is 19.0. The summed E-state index contributed by atoms with van der Waals surface area (Å²) in [5.74, 6) is -1.66. The van der Waals surface area contributed by atoms with E-state index < -0.39 is 24.4 Å². The Kier molecular flexibility index (Phi) is 7.91. The SMILES string of the molecule is N#Cc1c(NC(=O)COC(=O)CNC(=O)c2ccc(-c3ccccc3)cc2)sc2c1CCCCC2. The van der Waals surface area contributed by atoms with Gasteiger partial charge in [-0.05, 0) is 54.5 Å². The largest absolute Gasteiger partial charge is 0.454 e. The van der Waals surface area contributed by atoms with Gasteiger partial charge in [-0.15, -0.1) is 11.3 Å². The average Bonchev–Trinajstić information content (AvgIpc) is 3.04. The number of hydrogen-bond acceptors (Lipinski definition) is 6. The van der Waals surface area contributed by atoms with E-state index in [1.807, 2.05) is 42.5 Å². The first kappa shape index (κ1) is 24.2. The lowest BCUT2D eigenvalue weighted by Gasteiger charge is -2.08. The van der Waals surface area contributed by atoms with Gasteiger partial charge in [-0.1, -0.05) is 48.9 Å². The van der Waals surface area contributed by atoms with Crippen molar-refractivity contribution in [1.29, 1.82) is 5.26 Å². The van der Waals surface area contributed by atoms with Crippen LogP contribution in [-0.4, -0.2) is 30.9 Å². The van der Waals surface area contributed by atoms with E-state index in [0.717, 1.165) is 53.7 Å². The number of hydrogen-bond donors (Lipinski definition) is 2. The molecular formula is C27H25N3O4S. The molecule has 0 unspecified atom stereocenters. The fourth-order valence-corrected chi connectivity index (χ4v) is 5.26. The number of aryl methyl sites for hydroxylation is 1. The molecule has 3 aromatic rings. The van der Waals surface area contributed by atoms with E-state index in [4.69, 9.17) is 4.74 Å². The summed E-state index contributed by atoms with van der Waals surface area (Å²) in [7, 11) is 0. The lowest BCUT2D eigenvalue weighted by Crippen LogP contribution is -2.32. The number of fused-ring (bicyclic) bond motifs is 1. The molecule has 0 aliphatic heterocycles. The van der Waals surface area contributed by atoms with E-state index in [9.17, 15) is 19.6 Å². The van der Waals surface area contributed by atoms with E-state index >= 15 is 0 Å². The maximum absolute atomic E-state index is 12.3. The summed E-state index contributed by atoms with van der Waals surface area (Å²) in [6.07, 6.45) is 5.00. The highest BCUT2D eigenvalue weighted by atomic mass is 32.1. The van der Waals surface area contributed by atoms with Crippen LogP contribution < -0.4 is 10.6 Å². The second-order valence-corrected chi connectivity index (χ2v) is 9.32. The first-order valence-electron chi connectivity index (χ1n) is 11.5. The normalized spacial score (nSPS) is 12.5. The zero-order chi connectivity index (χ0) is 24.6. The quantitative estimate of drug-likeness (QED) is 0.378. The van der Waals surface area contributed by atoms with Crippen molar-refractivity contribution in [2.75, 3.05) is 18.5 Å². The number of thiophene rings is 1. The van der Waals surface area contributed by atoms with Crippen LogP contribution >= 0.6 is 11.3 Å². The molecule has 178 valence electrons. The molecule has 35 heavy (non-hydrogen) atoms. The second-order valence-electron chi connectivity index (χ2n) is 8.22. The predicted molar refractivity (Wildman–Crippen MR) is 134 cm³/mol. The molecule has 0 saturated heterocycles. The Morgan fingerprint density at radius 2 is 1.66 bits per heavy atom. The number of esters is 1. The number of carbonyl (C=O) groups is 3. The molecule has 2 aromatic carbocycles. The van der Waals surface area contributed by atoms with E-state index in [0.29, 0.717) is 16.1 Å². The molecule has 0 bridgehead atoms. The minimum Gasteiger partial charge on any atom is -0.454 e. The average molecular weight is 488 g/mol. The van der Waals surface area contributed by atoms with Gasteiger partial charge < -0.3 is 15.4 Å². The van der Waals surface area contributed by atoms with Crippen LogP contribution in [0.5, 0.6) is 0 Å². The van der Waals surface area contributed by atoms with Gasteiger partial charge in [0.25, 0.3) is 11.8 Å². The molecule has 1 aromatic heterocycles. The Morgan fingerprint density at radius 1 is 0.943 bits per heavy atom. The lowest BCUT2D eigenvalue weighted by atomic mass is 10.0. The highest BCUT2D eigenvalue weighted by molar-refractivity contribution is 7.16. The molecule has 0 atom stereocenters. The van der Waals surface area contributed by atoms with Crippen molar-refractivity contribution in [3.05, 3.63) is 76.2 Å². The maximum Gasteiger partial charge on any atom is 0.325 e. The Hall–Kier alpha value is -3.96.